The molecule has 278 valence electrons. The van der Waals surface area contributed by atoms with Crippen molar-refractivity contribution in [2.24, 2.45) is 17.8 Å². The summed E-state index contributed by atoms with van der Waals surface area (Å²) in [6, 6.07) is 13.0. The number of halogens is 2. The fourth-order valence-electron chi connectivity index (χ4n) is 7.54. The summed E-state index contributed by atoms with van der Waals surface area (Å²) in [4.78, 5) is 13.5. The number of ether oxygens (including phenoxy) is 1. The molecule has 2 radical (unpaired) electrons. The first-order valence-electron chi connectivity index (χ1n) is 20.6. The van der Waals surface area contributed by atoms with Crippen molar-refractivity contribution in [2.45, 2.75) is 167 Å². The van der Waals surface area contributed by atoms with Gasteiger partial charge in [0, 0.05) is 18.0 Å². The van der Waals surface area contributed by atoms with E-state index in [1.54, 1.807) is 24.5 Å². The molecule has 1 aliphatic carbocycles. The van der Waals surface area contributed by atoms with E-state index >= 15 is 8.78 Å². The first kappa shape index (κ1) is 39.5. The molecule has 0 amide bonds. The van der Waals surface area contributed by atoms with Crippen LogP contribution < -0.4 is 9.92 Å². The van der Waals surface area contributed by atoms with Crippen molar-refractivity contribution >= 4 is 14.7 Å². The quantitative estimate of drug-likeness (QED) is 0.0647. The van der Waals surface area contributed by atoms with Gasteiger partial charge in [0.05, 0.1) is 9.52 Å². The van der Waals surface area contributed by atoms with Crippen molar-refractivity contribution in [3.63, 3.8) is 0 Å². The highest BCUT2D eigenvalue weighted by atomic mass is 28.2. The van der Waals surface area contributed by atoms with Gasteiger partial charge in [0.25, 0.3) is 0 Å². The normalized spacial score (nSPS) is 17.6. The summed E-state index contributed by atoms with van der Waals surface area (Å²) >= 11 is 0. The largest absolute Gasteiger partial charge is 0.482 e. The molecule has 1 saturated carbocycles. The molecule has 51 heavy (non-hydrogen) atoms. The fourth-order valence-corrected chi connectivity index (χ4v) is 9.08. The molecule has 7 heteroatoms. The third kappa shape index (κ3) is 12.5. The van der Waals surface area contributed by atoms with Crippen LogP contribution in [0, 0.1) is 17.8 Å². The second-order valence-electron chi connectivity index (χ2n) is 15.8. The molecule has 2 aromatic heterocycles. The zero-order valence-electron chi connectivity index (χ0n) is 31.8. The minimum atomic E-state index is -3.13. The van der Waals surface area contributed by atoms with Gasteiger partial charge >= 0.3 is 5.92 Å². The fraction of sp³-hybridized carbons (Fsp3) is 0.659. The number of pyridine rings is 1. The third-order valence-corrected chi connectivity index (χ3v) is 12.5. The Morgan fingerprint density at radius 1 is 0.765 bits per heavy atom. The van der Waals surface area contributed by atoms with E-state index in [1.807, 2.05) is 0 Å². The lowest BCUT2D eigenvalue weighted by Crippen LogP contribution is -2.30. The average molecular weight is 716 g/mol. The minimum Gasteiger partial charge on any atom is -0.482 e. The molecule has 3 atom stereocenters. The topological polar surface area (TPSA) is 47.9 Å². The first-order valence-corrected chi connectivity index (χ1v) is 21.8. The van der Waals surface area contributed by atoms with Crippen molar-refractivity contribution in [2.75, 3.05) is 0 Å². The second-order valence-corrected chi connectivity index (χ2v) is 17.2. The maximum absolute atomic E-state index is 15.5. The van der Waals surface area contributed by atoms with Gasteiger partial charge in [-0.15, -0.1) is 0 Å². The standard InChI is InChI=1S/C44H63F2N3OSi/c1-4-5-11-18-33(2)19-14-15-20-34(3)29-30-51-40-23-17-16-22-37(40)36-31-47-43(48-32-36)38-27-28-39-42(49-38)44(45,46)41(50-39)24-13-10-8-6-7-9-12-21-35-25-26-35/h16-17,22-23,27-28,31-35,41H,4-15,18-21,24-26,29-30H2,1-3H3. The Morgan fingerprint density at radius 2 is 1.39 bits per heavy atom. The molecular weight excluding hydrogens is 653 g/mol. The number of hydrogen-bond acceptors (Lipinski definition) is 4. The van der Waals surface area contributed by atoms with E-state index in [1.165, 1.54) is 114 Å². The summed E-state index contributed by atoms with van der Waals surface area (Å²) in [6.07, 6.45) is 27.1. The highest BCUT2D eigenvalue weighted by Gasteiger charge is 2.52. The van der Waals surface area contributed by atoms with Gasteiger partial charge in [-0.2, -0.15) is 8.78 Å². The van der Waals surface area contributed by atoms with Gasteiger partial charge in [0.1, 0.15) is 11.4 Å². The van der Waals surface area contributed by atoms with Crippen LogP contribution in [0.15, 0.2) is 48.8 Å². The van der Waals surface area contributed by atoms with Gasteiger partial charge in [-0.25, -0.2) is 15.0 Å². The van der Waals surface area contributed by atoms with Crippen molar-refractivity contribution in [1.82, 2.24) is 15.0 Å². The van der Waals surface area contributed by atoms with Crippen molar-refractivity contribution < 1.29 is 13.5 Å². The molecule has 0 N–H and O–H groups in total. The first-order chi connectivity index (χ1) is 24.8. The highest BCUT2D eigenvalue weighted by Crippen LogP contribution is 2.46. The summed E-state index contributed by atoms with van der Waals surface area (Å²) in [5.41, 5.74) is 2.15. The molecule has 2 aliphatic rings. The Bertz CT molecular complexity index is 1450. The van der Waals surface area contributed by atoms with Crippen LogP contribution in [0.5, 0.6) is 5.75 Å². The summed E-state index contributed by atoms with van der Waals surface area (Å²) < 4.78 is 36.7. The lowest BCUT2D eigenvalue weighted by atomic mass is 9.94. The molecule has 3 unspecified atom stereocenters. The van der Waals surface area contributed by atoms with E-state index in [2.05, 4.69) is 60.0 Å². The molecule has 5 rings (SSSR count). The zero-order chi connectivity index (χ0) is 35.9. The van der Waals surface area contributed by atoms with E-state index < -0.39 is 12.0 Å². The summed E-state index contributed by atoms with van der Waals surface area (Å²) in [5.74, 6) is 0.0274. The number of rotatable bonds is 25. The number of benzene rings is 1. The Balaban J connectivity index is 1.06. The Kier molecular flexibility index (Phi) is 15.9. The van der Waals surface area contributed by atoms with Crippen LogP contribution in [0.3, 0.4) is 0 Å². The van der Waals surface area contributed by atoms with E-state index in [0.717, 1.165) is 57.7 Å². The average Bonchev–Trinajstić information content (AvgIpc) is 3.93. The van der Waals surface area contributed by atoms with Crippen LogP contribution in [-0.2, 0) is 5.92 Å². The molecule has 1 fully saturated rings. The van der Waals surface area contributed by atoms with Gasteiger partial charge in [0.15, 0.2) is 17.6 Å². The SMILES string of the molecule is CCCCCC(C)CCCCC(C)CC[Si]c1ccccc1-c1cnc(-c2ccc3c(n2)C(F)(F)C(CCCCCCCCCC2CC2)O3)nc1. The van der Waals surface area contributed by atoms with E-state index in [0.29, 0.717) is 17.9 Å². The maximum atomic E-state index is 15.5. The van der Waals surface area contributed by atoms with Gasteiger partial charge in [0.2, 0.25) is 0 Å². The van der Waals surface area contributed by atoms with Gasteiger partial charge in [-0.3, -0.25) is 0 Å². The molecule has 3 heterocycles. The number of unbranched alkanes of at least 4 members (excludes halogenated alkanes) is 9. The molecule has 4 nitrogen and oxygen atoms in total. The number of nitrogens with zero attached hydrogens (tertiary/aromatic N) is 3. The van der Waals surface area contributed by atoms with Gasteiger partial charge in [-0.1, -0.05) is 172 Å². The molecule has 0 saturated heterocycles. The Labute approximate surface area is 310 Å². The molecule has 1 aromatic carbocycles. The van der Waals surface area contributed by atoms with Crippen LogP contribution in [0.4, 0.5) is 8.78 Å². The molecule has 1 aliphatic heterocycles. The number of aromatic nitrogens is 3. The Morgan fingerprint density at radius 3 is 2.08 bits per heavy atom. The summed E-state index contributed by atoms with van der Waals surface area (Å²) in [7, 11) is 0.722. The number of hydrogen-bond donors (Lipinski definition) is 0. The lowest BCUT2D eigenvalue weighted by Gasteiger charge is -2.17. The van der Waals surface area contributed by atoms with Crippen LogP contribution in [0.2, 0.25) is 6.04 Å². The summed E-state index contributed by atoms with van der Waals surface area (Å²) in [5, 5.41) is 1.32. The second kappa shape index (κ2) is 20.5. The van der Waals surface area contributed by atoms with E-state index in [9.17, 15) is 0 Å². The predicted molar refractivity (Wildman–Crippen MR) is 209 cm³/mol. The molecule has 0 bridgehead atoms. The van der Waals surface area contributed by atoms with Crippen LogP contribution in [0.25, 0.3) is 22.6 Å². The third-order valence-electron chi connectivity index (χ3n) is 11.1. The van der Waals surface area contributed by atoms with Crippen LogP contribution in [-0.4, -0.2) is 30.6 Å². The molecule has 0 spiro atoms. The van der Waals surface area contributed by atoms with Gasteiger partial charge < -0.3 is 4.74 Å². The molecular formula is C44H63F2N3OSi. The number of fused-ring (bicyclic) bond motifs is 1. The number of alkyl halides is 2. The van der Waals surface area contributed by atoms with Crippen molar-refractivity contribution in [1.29, 1.82) is 0 Å². The highest BCUT2D eigenvalue weighted by molar-refractivity contribution is 6.55. The zero-order valence-corrected chi connectivity index (χ0v) is 32.8. The van der Waals surface area contributed by atoms with Crippen LogP contribution >= 0.6 is 0 Å². The van der Waals surface area contributed by atoms with Gasteiger partial charge in [-0.05, 0) is 48.3 Å². The van der Waals surface area contributed by atoms with Crippen molar-refractivity contribution in [3.8, 4) is 28.4 Å². The molecule has 3 aromatic rings. The smallest absolute Gasteiger partial charge is 0.329 e. The van der Waals surface area contributed by atoms with Crippen molar-refractivity contribution in [3.05, 3.63) is 54.5 Å². The monoisotopic (exact) mass is 715 g/mol. The van der Waals surface area contributed by atoms with Crippen LogP contribution in [0.1, 0.15) is 155 Å². The van der Waals surface area contributed by atoms with E-state index in [4.69, 9.17) is 4.74 Å². The minimum absolute atomic E-state index is 0.178. The summed E-state index contributed by atoms with van der Waals surface area (Å²) in [6.45, 7) is 7.11. The Hall–Kier alpha value is -2.67. The predicted octanol–water partition coefficient (Wildman–Crippen LogP) is 12.5. The maximum Gasteiger partial charge on any atom is 0.329 e. The lowest BCUT2D eigenvalue weighted by molar-refractivity contribution is -0.0818. The van der Waals surface area contributed by atoms with E-state index in [-0.39, 0.29) is 11.4 Å².